The number of likely N-dealkylation sites (tertiary alicyclic amines) is 1. The van der Waals surface area contributed by atoms with Crippen molar-refractivity contribution in [2.45, 2.75) is 19.3 Å². The molecule has 154 valence electrons. The first-order valence-corrected chi connectivity index (χ1v) is 10.5. The third kappa shape index (κ3) is 5.42. The minimum Gasteiger partial charge on any atom is -0.351 e. The summed E-state index contributed by atoms with van der Waals surface area (Å²) in [6.07, 6.45) is 3.84. The van der Waals surface area contributed by atoms with E-state index in [0.29, 0.717) is 17.9 Å². The van der Waals surface area contributed by atoms with E-state index in [1.807, 2.05) is 66.7 Å². The molecular weight excluding hydrogens is 374 g/mol. The number of amides is 1. The summed E-state index contributed by atoms with van der Waals surface area (Å²) < 4.78 is 0. The number of benzene rings is 2. The van der Waals surface area contributed by atoms with Crippen molar-refractivity contribution >= 4 is 17.4 Å². The van der Waals surface area contributed by atoms with Crippen LogP contribution in [-0.2, 0) is 0 Å². The van der Waals surface area contributed by atoms with Crippen LogP contribution in [0.25, 0.3) is 11.3 Å². The first-order chi connectivity index (χ1) is 14.8. The minimum atomic E-state index is -0.0545. The Morgan fingerprint density at radius 1 is 0.900 bits per heavy atom. The first-order valence-electron chi connectivity index (χ1n) is 10.5. The molecule has 2 aromatic carbocycles. The number of hydrogen-bond donors (Lipinski definition) is 2. The number of nitrogens with zero attached hydrogens (tertiary/aromatic N) is 3. The maximum atomic E-state index is 12.5. The van der Waals surface area contributed by atoms with Gasteiger partial charge in [-0.3, -0.25) is 4.79 Å². The van der Waals surface area contributed by atoms with Gasteiger partial charge in [0.2, 0.25) is 0 Å². The number of piperidine rings is 1. The Kier molecular flexibility index (Phi) is 6.67. The summed E-state index contributed by atoms with van der Waals surface area (Å²) in [5, 5.41) is 14.8. The van der Waals surface area contributed by atoms with E-state index in [1.54, 1.807) is 0 Å². The van der Waals surface area contributed by atoms with E-state index < -0.39 is 0 Å². The summed E-state index contributed by atoms with van der Waals surface area (Å²) in [6.45, 7) is 3.86. The van der Waals surface area contributed by atoms with Crippen molar-refractivity contribution in [1.29, 1.82) is 0 Å². The zero-order chi connectivity index (χ0) is 20.6. The Bertz CT molecular complexity index is 953. The smallest absolute Gasteiger partial charge is 0.251 e. The molecule has 1 amide bonds. The number of rotatable bonds is 7. The summed E-state index contributed by atoms with van der Waals surface area (Å²) in [5.74, 6) is 0.582. The predicted octanol–water partition coefficient (Wildman–Crippen LogP) is 4.10. The standard InChI is InChI=1S/C24H27N5O/c30-24(25-14-17-29-15-5-2-6-16-29)20-10-7-11-21(18-20)26-23-13-12-22(27-28-23)19-8-3-1-4-9-19/h1,3-4,7-13,18H,2,5-6,14-17H2,(H,25,30)(H,26,28). The van der Waals surface area contributed by atoms with Gasteiger partial charge in [0.1, 0.15) is 0 Å². The van der Waals surface area contributed by atoms with Crippen molar-refractivity contribution in [3.63, 3.8) is 0 Å². The van der Waals surface area contributed by atoms with E-state index in [4.69, 9.17) is 0 Å². The van der Waals surface area contributed by atoms with Crippen LogP contribution in [0, 0.1) is 0 Å². The number of carbonyl (C=O) groups excluding carboxylic acids is 1. The van der Waals surface area contributed by atoms with Crippen molar-refractivity contribution in [3.05, 3.63) is 72.3 Å². The topological polar surface area (TPSA) is 70.2 Å². The van der Waals surface area contributed by atoms with Gasteiger partial charge in [0.25, 0.3) is 5.91 Å². The van der Waals surface area contributed by atoms with Gasteiger partial charge in [0, 0.05) is 29.9 Å². The predicted molar refractivity (Wildman–Crippen MR) is 120 cm³/mol. The average molecular weight is 402 g/mol. The van der Waals surface area contributed by atoms with Gasteiger partial charge in [-0.1, -0.05) is 42.8 Å². The highest BCUT2D eigenvalue weighted by Crippen LogP contribution is 2.19. The molecule has 1 aliphatic rings. The number of hydrogen-bond acceptors (Lipinski definition) is 5. The lowest BCUT2D eigenvalue weighted by molar-refractivity contribution is 0.0946. The molecule has 0 saturated carbocycles. The molecule has 1 aliphatic heterocycles. The Hall–Kier alpha value is -3.25. The largest absolute Gasteiger partial charge is 0.351 e. The normalized spacial score (nSPS) is 14.3. The second-order valence-corrected chi connectivity index (χ2v) is 7.53. The molecule has 2 N–H and O–H groups in total. The molecule has 0 atom stereocenters. The third-order valence-corrected chi connectivity index (χ3v) is 5.29. The van der Waals surface area contributed by atoms with Crippen LogP contribution in [-0.4, -0.2) is 47.2 Å². The van der Waals surface area contributed by atoms with Crippen LogP contribution in [0.2, 0.25) is 0 Å². The van der Waals surface area contributed by atoms with Gasteiger partial charge in [-0.15, -0.1) is 10.2 Å². The molecule has 6 heteroatoms. The highest BCUT2D eigenvalue weighted by atomic mass is 16.1. The molecule has 1 saturated heterocycles. The second kappa shape index (κ2) is 9.98. The van der Waals surface area contributed by atoms with Crippen molar-refractivity contribution in [3.8, 4) is 11.3 Å². The second-order valence-electron chi connectivity index (χ2n) is 7.53. The zero-order valence-electron chi connectivity index (χ0n) is 17.1. The van der Waals surface area contributed by atoms with Crippen LogP contribution < -0.4 is 10.6 Å². The van der Waals surface area contributed by atoms with Gasteiger partial charge < -0.3 is 15.5 Å². The van der Waals surface area contributed by atoms with Gasteiger partial charge in [-0.25, -0.2) is 0 Å². The summed E-state index contributed by atoms with van der Waals surface area (Å²) in [5.41, 5.74) is 3.29. The quantitative estimate of drug-likeness (QED) is 0.624. The minimum absolute atomic E-state index is 0.0545. The lowest BCUT2D eigenvalue weighted by Crippen LogP contribution is -2.37. The van der Waals surface area contributed by atoms with Crippen molar-refractivity contribution in [2.24, 2.45) is 0 Å². The molecule has 1 fully saturated rings. The Morgan fingerprint density at radius 3 is 2.50 bits per heavy atom. The van der Waals surface area contributed by atoms with Crippen LogP contribution in [0.3, 0.4) is 0 Å². The number of anilines is 2. The van der Waals surface area contributed by atoms with Crippen molar-refractivity contribution in [1.82, 2.24) is 20.4 Å². The van der Waals surface area contributed by atoms with Crippen LogP contribution in [0.4, 0.5) is 11.5 Å². The Balaban J connectivity index is 1.33. The van der Waals surface area contributed by atoms with E-state index in [0.717, 1.165) is 36.6 Å². The molecule has 3 aromatic rings. The average Bonchev–Trinajstić information content (AvgIpc) is 2.81. The fourth-order valence-corrected chi connectivity index (χ4v) is 3.66. The van der Waals surface area contributed by atoms with Crippen LogP contribution >= 0.6 is 0 Å². The lowest BCUT2D eigenvalue weighted by atomic mass is 10.1. The highest BCUT2D eigenvalue weighted by Gasteiger charge is 2.11. The van der Waals surface area contributed by atoms with E-state index >= 15 is 0 Å². The fraction of sp³-hybridized carbons (Fsp3) is 0.292. The van der Waals surface area contributed by atoms with Gasteiger partial charge in [0.15, 0.2) is 5.82 Å². The van der Waals surface area contributed by atoms with Gasteiger partial charge in [-0.05, 0) is 56.3 Å². The molecule has 0 bridgehead atoms. The van der Waals surface area contributed by atoms with E-state index in [2.05, 4.69) is 25.7 Å². The summed E-state index contributed by atoms with van der Waals surface area (Å²) >= 11 is 0. The molecule has 2 heterocycles. The van der Waals surface area contributed by atoms with Gasteiger partial charge in [0.05, 0.1) is 5.69 Å². The number of nitrogens with one attached hydrogen (secondary N) is 2. The maximum absolute atomic E-state index is 12.5. The van der Waals surface area contributed by atoms with Crippen LogP contribution in [0.15, 0.2) is 66.7 Å². The molecule has 30 heavy (non-hydrogen) atoms. The molecule has 0 spiro atoms. The molecule has 6 nitrogen and oxygen atoms in total. The lowest BCUT2D eigenvalue weighted by Gasteiger charge is -2.26. The fourth-order valence-electron chi connectivity index (χ4n) is 3.66. The maximum Gasteiger partial charge on any atom is 0.251 e. The van der Waals surface area contributed by atoms with E-state index in [1.165, 1.54) is 19.3 Å². The molecule has 0 unspecified atom stereocenters. The molecule has 0 radical (unpaired) electrons. The summed E-state index contributed by atoms with van der Waals surface area (Å²) in [7, 11) is 0. The highest BCUT2D eigenvalue weighted by molar-refractivity contribution is 5.95. The van der Waals surface area contributed by atoms with E-state index in [9.17, 15) is 4.79 Å². The molecular formula is C24H27N5O. The Labute approximate surface area is 177 Å². The third-order valence-electron chi connectivity index (χ3n) is 5.29. The van der Waals surface area contributed by atoms with Crippen molar-refractivity contribution in [2.75, 3.05) is 31.5 Å². The van der Waals surface area contributed by atoms with Crippen LogP contribution in [0.5, 0.6) is 0 Å². The number of carbonyl (C=O) groups is 1. The molecule has 1 aromatic heterocycles. The molecule has 4 rings (SSSR count). The first kappa shape index (κ1) is 20.0. The molecule has 0 aliphatic carbocycles. The Morgan fingerprint density at radius 2 is 1.73 bits per heavy atom. The van der Waals surface area contributed by atoms with E-state index in [-0.39, 0.29) is 5.91 Å². The van der Waals surface area contributed by atoms with Crippen LogP contribution in [0.1, 0.15) is 29.6 Å². The number of aromatic nitrogens is 2. The summed E-state index contributed by atoms with van der Waals surface area (Å²) in [4.78, 5) is 14.9. The SMILES string of the molecule is O=C(NCCN1CCCCC1)c1cccc(Nc2ccc(-c3ccccc3)nn2)c1. The van der Waals surface area contributed by atoms with Gasteiger partial charge >= 0.3 is 0 Å². The summed E-state index contributed by atoms with van der Waals surface area (Å²) in [6, 6.07) is 21.2. The van der Waals surface area contributed by atoms with Crippen molar-refractivity contribution < 1.29 is 4.79 Å². The van der Waals surface area contributed by atoms with Gasteiger partial charge in [-0.2, -0.15) is 0 Å². The zero-order valence-corrected chi connectivity index (χ0v) is 17.1. The monoisotopic (exact) mass is 401 g/mol.